The van der Waals surface area contributed by atoms with Gasteiger partial charge in [-0.1, -0.05) is 23.2 Å². The van der Waals surface area contributed by atoms with E-state index in [4.69, 9.17) is 32.7 Å². The Hall–Kier alpha value is -2.44. The van der Waals surface area contributed by atoms with E-state index in [1.807, 2.05) is 0 Å². The third-order valence-electron chi connectivity index (χ3n) is 4.74. The van der Waals surface area contributed by atoms with Gasteiger partial charge in [-0.3, -0.25) is 9.48 Å². The van der Waals surface area contributed by atoms with Crippen LogP contribution in [0, 0.1) is 5.82 Å². The summed E-state index contributed by atoms with van der Waals surface area (Å²) in [6.07, 6.45) is 1.80. The van der Waals surface area contributed by atoms with E-state index in [2.05, 4.69) is 0 Å². The highest BCUT2D eigenvalue weighted by atomic mass is 35.5. The summed E-state index contributed by atoms with van der Waals surface area (Å²) in [4.78, 5) is 12.8. The van der Waals surface area contributed by atoms with E-state index in [1.165, 1.54) is 6.07 Å². The molecule has 0 spiro atoms. The molecule has 4 rings (SSSR count). The van der Waals surface area contributed by atoms with Gasteiger partial charge in [0.2, 0.25) is 0 Å². The van der Waals surface area contributed by atoms with E-state index in [0.717, 1.165) is 18.9 Å². The lowest BCUT2D eigenvalue weighted by molar-refractivity contribution is 0.356. The molecule has 0 N–H and O–H groups in total. The Labute approximate surface area is 170 Å². The molecule has 1 aliphatic rings. The van der Waals surface area contributed by atoms with Crippen molar-refractivity contribution in [2.45, 2.75) is 25.9 Å². The SMILES string of the molecule is COc1ccc(Oc2cc(-c3c(Cl)n4n(c3=O)CCCC4)c(F)cc2Cl)cc1. The third kappa shape index (κ3) is 3.27. The molecule has 2 heterocycles. The first-order valence-corrected chi connectivity index (χ1v) is 9.55. The largest absolute Gasteiger partial charge is 0.497 e. The van der Waals surface area contributed by atoms with Gasteiger partial charge in [-0.25, -0.2) is 9.07 Å². The number of ether oxygens (including phenoxy) is 2. The van der Waals surface area contributed by atoms with Crippen molar-refractivity contribution in [1.29, 1.82) is 0 Å². The highest BCUT2D eigenvalue weighted by Gasteiger charge is 2.25. The number of hydrogen-bond donors (Lipinski definition) is 0. The Morgan fingerprint density at radius 2 is 1.64 bits per heavy atom. The number of methoxy groups -OCH3 is 1. The number of aromatic nitrogens is 2. The van der Waals surface area contributed by atoms with Gasteiger partial charge in [-0.15, -0.1) is 0 Å². The lowest BCUT2D eigenvalue weighted by Crippen LogP contribution is -2.27. The molecule has 0 aliphatic carbocycles. The highest BCUT2D eigenvalue weighted by Crippen LogP contribution is 2.37. The van der Waals surface area contributed by atoms with Crippen LogP contribution in [0.4, 0.5) is 4.39 Å². The molecule has 0 saturated heterocycles. The van der Waals surface area contributed by atoms with Crippen molar-refractivity contribution in [3.63, 3.8) is 0 Å². The minimum Gasteiger partial charge on any atom is -0.497 e. The van der Waals surface area contributed by atoms with Crippen molar-refractivity contribution in [2.24, 2.45) is 0 Å². The van der Waals surface area contributed by atoms with Gasteiger partial charge in [0.15, 0.2) is 0 Å². The van der Waals surface area contributed by atoms with Gasteiger partial charge >= 0.3 is 0 Å². The second kappa shape index (κ2) is 7.53. The van der Waals surface area contributed by atoms with Crippen LogP contribution in [-0.2, 0) is 13.1 Å². The Kier molecular flexibility index (Phi) is 5.08. The maximum atomic E-state index is 14.7. The molecule has 0 radical (unpaired) electrons. The molecule has 28 heavy (non-hydrogen) atoms. The summed E-state index contributed by atoms with van der Waals surface area (Å²) in [6, 6.07) is 9.43. The second-order valence-corrected chi connectivity index (χ2v) is 7.23. The molecule has 0 fully saturated rings. The smallest absolute Gasteiger partial charge is 0.276 e. The monoisotopic (exact) mass is 422 g/mol. The lowest BCUT2D eigenvalue weighted by Gasteiger charge is -2.17. The number of rotatable bonds is 4. The van der Waals surface area contributed by atoms with E-state index < -0.39 is 5.82 Å². The Balaban J connectivity index is 1.78. The minimum atomic E-state index is -0.630. The van der Waals surface area contributed by atoms with Crippen LogP contribution >= 0.6 is 23.2 Å². The zero-order valence-electron chi connectivity index (χ0n) is 15.0. The molecule has 0 unspecified atom stereocenters. The van der Waals surface area contributed by atoms with Crippen molar-refractivity contribution >= 4 is 23.2 Å². The van der Waals surface area contributed by atoms with E-state index in [1.54, 1.807) is 40.7 Å². The molecular weight excluding hydrogens is 406 g/mol. The number of fused-ring (bicyclic) bond motifs is 1. The number of hydrogen-bond acceptors (Lipinski definition) is 3. The number of nitrogens with zero attached hydrogens (tertiary/aromatic N) is 2. The van der Waals surface area contributed by atoms with Crippen molar-refractivity contribution in [3.05, 3.63) is 62.7 Å². The number of benzene rings is 2. The first-order chi connectivity index (χ1) is 13.5. The van der Waals surface area contributed by atoms with E-state index in [0.29, 0.717) is 24.6 Å². The van der Waals surface area contributed by atoms with E-state index in [9.17, 15) is 9.18 Å². The topological polar surface area (TPSA) is 45.4 Å². The molecule has 8 heteroatoms. The van der Waals surface area contributed by atoms with Gasteiger partial charge in [-0.05, 0) is 49.2 Å². The molecule has 0 atom stereocenters. The molecule has 2 aromatic carbocycles. The molecule has 0 saturated carbocycles. The van der Waals surface area contributed by atoms with Crippen LogP contribution in [0.5, 0.6) is 17.2 Å². The average molecular weight is 423 g/mol. The average Bonchev–Trinajstić information content (AvgIpc) is 2.96. The maximum absolute atomic E-state index is 14.7. The molecular formula is C20H17Cl2FN2O3. The standard InChI is InChI=1S/C20H17Cl2FN2O3/c1-27-12-4-6-13(7-5-12)28-17-10-14(16(23)11-15(17)21)18-19(22)24-8-2-3-9-25(24)20(18)26/h4-7,10-11H,2-3,8-9H2,1H3. The summed E-state index contributed by atoms with van der Waals surface area (Å²) in [7, 11) is 1.57. The first-order valence-electron chi connectivity index (χ1n) is 8.80. The van der Waals surface area contributed by atoms with Crippen LogP contribution < -0.4 is 15.0 Å². The van der Waals surface area contributed by atoms with Gasteiger partial charge in [0.25, 0.3) is 5.56 Å². The van der Waals surface area contributed by atoms with E-state index >= 15 is 0 Å². The zero-order valence-corrected chi connectivity index (χ0v) is 16.6. The summed E-state index contributed by atoms with van der Waals surface area (Å²) < 4.78 is 28.9. The predicted octanol–water partition coefficient (Wildman–Crippen LogP) is 5.36. The van der Waals surface area contributed by atoms with Crippen LogP contribution in [0.25, 0.3) is 11.1 Å². The van der Waals surface area contributed by atoms with Gasteiger partial charge in [0.05, 0.1) is 17.7 Å². The minimum absolute atomic E-state index is 0.0670. The summed E-state index contributed by atoms with van der Waals surface area (Å²) >= 11 is 12.6. The van der Waals surface area contributed by atoms with Gasteiger partial charge in [-0.2, -0.15) is 0 Å². The quantitative estimate of drug-likeness (QED) is 0.568. The Bertz CT molecular complexity index is 1090. The molecule has 146 valence electrons. The van der Waals surface area contributed by atoms with Gasteiger partial charge in [0, 0.05) is 18.7 Å². The maximum Gasteiger partial charge on any atom is 0.276 e. The Morgan fingerprint density at radius 3 is 2.29 bits per heavy atom. The summed E-state index contributed by atoms with van der Waals surface area (Å²) in [5, 5.41) is 0.318. The molecule has 1 aliphatic heterocycles. The normalized spacial score (nSPS) is 13.3. The highest BCUT2D eigenvalue weighted by molar-refractivity contribution is 6.33. The van der Waals surface area contributed by atoms with Crippen LogP contribution in [0.2, 0.25) is 10.2 Å². The summed E-state index contributed by atoms with van der Waals surface area (Å²) in [5.74, 6) is 0.777. The molecule has 1 aromatic heterocycles. The van der Waals surface area contributed by atoms with Crippen LogP contribution in [0.3, 0.4) is 0 Å². The summed E-state index contributed by atoms with van der Waals surface area (Å²) in [6.45, 7) is 1.18. The van der Waals surface area contributed by atoms with Crippen LogP contribution in [-0.4, -0.2) is 16.5 Å². The molecule has 5 nitrogen and oxygen atoms in total. The van der Waals surface area contributed by atoms with Crippen LogP contribution in [0.1, 0.15) is 12.8 Å². The fourth-order valence-corrected chi connectivity index (χ4v) is 3.87. The van der Waals surface area contributed by atoms with Gasteiger partial charge < -0.3 is 9.47 Å². The number of halogens is 3. The third-order valence-corrected chi connectivity index (χ3v) is 5.42. The van der Waals surface area contributed by atoms with Crippen molar-refractivity contribution in [2.75, 3.05) is 7.11 Å². The van der Waals surface area contributed by atoms with Crippen LogP contribution in [0.15, 0.2) is 41.2 Å². The summed E-state index contributed by atoms with van der Waals surface area (Å²) in [5.41, 5.74) is -0.129. The molecule has 0 amide bonds. The first kappa shape index (κ1) is 18.9. The Morgan fingerprint density at radius 1 is 1.00 bits per heavy atom. The molecule has 3 aromatic rings. The van der Waals surface area contributed by atoms with Crippen molar-refractivity contribution in [3.8, 4) is 28.4 Å². The van der Waals surface area contributed by atoms with Crippen molar-refractivity contribution < 1.29 is 13.9 Å². The predicted molar refractivity (Wildman–Crippen MR) is 106 cm³/mol. The lowest BCUT2D eigenvalue weighted by atomic mass is 10.1. The fraction of sp³-hybridized carbons (Fsp3) is 0.250. The van der Waals surface area contributed by atoms with Gasteiger partial charge in [0.1, 0.15) is 28.2 Å². The second-order valence-electron chi connectivity index (χ2n) is 6.46. The molecule has 0 bridgehead atoms. The zero-order chi connectivity index (χ0) is 19.8. The fourth-order valence-electron chi connectivity index (χ4n) is 3.32. The van der Waals surface area contributed by atoms with Crippen molar-refractivity contribution in [1.82, 2.24) is 9.36 Å². The van der Waals surface area contributed by atoms with E-state index in [-0.39, 0.29) is 32.6 Å².